The minimum Gasteiger partial charge on any atom is -0.380 e. The number of benzene rings is 2. The van der Waals surface area contributed by atoms with Gasteiger partial charge in [-0.1, -0.05) is 54.6 Å². The van der Waals surface area contributed by atoms with Crippen molar-refractivity contribution in [3.05, 3.63) is 71.3 Å². The SMILES string of the molecule is COCc1cccc(CNC(=O)[C@H](N)c2ccccc2)c1. The lowest BCUT2D eigenvalue weighted by Gasteiger charge is -2.13. The van der Waals surface area contributed by atoms with Gasteiger partial charge in [0.15, 0.2) is 0 Å². The van der Waals surface area contributed by atoms with Gasteiger partial charge in [0, 0.05) is 13.7 Å². The zero-order chi connectivity index (χ0) is 15.1. The number of amides is 1. The van der Waals surface area contributed by atoms with Crippen molar-refractivity contribution in [2.24, 2.45) is 5.73 Å². The van der Waals surface area contributed by atoms with Crippen LogP contribution in [0.25, 0.3) is 0 Å². The van der Waals surface area contributed by atoms with Crippen molar-refractivity contribution >= 4 is 5.91 Å². The molecule has 0 heterocycles. The Kier molecular flexibility index (Phi) is 5.49. The highest BCUT2D eigenvalue weighted by Crippen LogP contribution is 2.10. The fourth-order valence-electron chi connectivity index (χ4n) is 2.11. The summed E-state index contributed by atoms with van der Waals surface area (Å²) in [5.41, 5.74) is 8.86. The Balaban J connectivity index is 1.93. The smallest absolute Gasteiger partial charge is 0.241 e. The summed E-state index contributed by atoms with van der Waals surface area (Å²) in [5.74, 6) is -0.182. The third kappa shape index (κ3) is 4.41. The lowest BCUT2D eigenvalue weighted by atomic mass is 10.1. The van der Waals surface area contributed by atoms with E-state index in [1.807, 2.05) is 54.6 Å². The number of carbonyl (C=O) groups excluding carboxylic acids is 1. The van der Waals surface area contributed by atoms with E-state index in [9.17, 15) is 4.79 Å². The summed E-state index contributed by atoms with van der Waals surface area (Å²) >= 11 is 0. The zero-order valence-corrected chi connectivity index (χ0v) is 12.1. The van der Waals surface area contributed by atoms with Crippen molar-refractivity contribution in [1.29, 1.82) is 0 Å². The van der Waals surface area contributed by atoms with E-state index in [-0.39, 0.29) is 5.91 Å². The molecule has 4 heteroatoms. The number of ether oxygens (including phenoxy) is 1. The maximum absolute atomic E-state index is 12.1. The van der Waals surface area contributed by atoms with Gasteiger partial charge in [0.05, 0.1) is 6.61 Å². The van der Waals surface area contributed by atoms with Gasteiger partial charge in [0.1, 0.15) is 6.04 Å². The van der Waals surface area contributed by atoms with Crippen LogP contribution in [0.2, 0.25) is 0 Å². The van der Waals surface area contributed by atoms with Crippen LogP contribution < -0.4 is 11.1 Å². The lowest BCUT2D eigenvalue weighted by Crippen LogP contribution is -2.33. The highest BCUT2D eigenvalue weighted by molar-refractivity contribution is 5.82. The maximum atomic E-state index is 12.1. The Labute approximate surface area is 124 Å². The van der Waals surface area contributed by atoms with E-state index in [0.29, 0.717) is 13.2 Å². The van der Waals surface area contributed by atoms with Gasteiger partial charge in [-0.05, 0) is 16.7 Å². The van der Waals surface area contributed by atoms with Gasteiger partial charge in [0.2, 0.25) is 5.91 Å². The van der Waals surface area contributed by atoms with E-state index < -0.39 is 6.04 Å². The van der Waals surface area contributed by atoms with E-state index in [2.05, 4.69) is 5.32 Å². The van der Waals surface area contributed by atoms with Crippen LogP contribution in [0.4, 0.5) is 0 Å². The summed E-state index contributed by atoms with van der Waals surface area (Å²) < 4.78 is 5.10. The summed E-state index contributed by atoms with van der Waals surface area (Å²) in [6.07, 6.45) is 0. The van der Waals surface area contributed by atoms with Crippen molar-refractivity contribution in [1.82, 2.24) is 5.32 Å². The van der Waals surface area contributed by atoms with Crippen LogP contribution in [0.1, 0.15) is 22.7 Å². The van der Waals surface area contributed by atoms with Crippen LogP contribution in [-0.2, 0) is 22.7 Å². The largest absolute Gasteiger partial charge is 0.380 e. The third-order valence-corrected chi connectivity index (χ3v) is 3.21. The van der Waals surface area contributed by atoms with Gasteiger partial charge in [-0.3, -0.25) is 4.79 Å². The van der Waals surface area contributed by atoms with Gasteiger partial charge in [0.25, 0.3) is 0 Å². The van der Waals surface area contributed by atoms with Crippen LogP contribution in [0.5, 0.6) is 0 Å². The highest BCUT2D eigenvalue weighted by Gasteiger charge is 2.14. The monoisotopic (exact) mass is 284 g/mol. The van der Waals surface area contributed by atoms with Gasteiger partial charge in [-0.25, -0.2) is 0 Å². The molecule has 21 heavy (non-hydrogen) atoms. The Bertz CT molecular complexity index is 584. The number of rotatable bonds is 6. The average Bonchev–Trinajstić information content (AvgIpc) is 2.53. The molecule has 0 bridgehead atoms. The molecule has 0 aliphatic heterocycles. The summed E-state index contributed by atoms with van der Waals surface area (Å²) in [6.45, 7) is 1.02. The fourth-order valence-corrected chi connectivity index (χ4v) is 2.11. The number of hydrogen-bond donors (Lipinski definition) is 2. The lowest BCUT2D eigenvalue weighted by molar-refractivity contribution is -0.122. The van der Waals surface area contributed by atoms with Gasteiger partial charge >= 0.3 is 0 Å². The molecule has 110 valence electrons. The van der Waals surface area contributed by atoms with E-state index >= 15 is 0 Å². The molecule has 0 unspecified atom stereocenters. The maximum Gasteiger partial charge on any atom is 0.241 e. The van der Waals surface area contributed by atoms with Crippen molar-refractivity contribution in [2.75, 3.05) is 7.11 Å². The number of methoxy groups -OCH3 is 1. The molecule has 0 saturated heterocycles. The number of hydrogen-bond acceptors (Lipinski definition) is 3. The molecule has 3 N–H and O–H groups in total. The molecule has 0 aliphatic carbocycles. The van der Waals surface area contributed by atoms with E-state index in [4.69, 9.17) is 10.5 Å². The van der Waals surface area contributed by atoms with E-state index in [1.54, 1.807) is 7.11 Å². The van der Waals surface area contributed by atoms with Crippen molar-refractivity contribution in [2.45, 2.75) is 19.2 Å². The van der Waals surface area contributed by atoms with E-state index in [0.717, 1.165) is 16.7 Å². The van der Waals surface area contributed by atoms with Gasteiger partial charge in [-0.15, -0.1) is 0 Å². The molecule has 0 fully saturated rings. The first-order chi connectivity index (χ1) is 10.2. The number of nitrogens with two attached hydrogens (primary N) is 1. The molecule has 0 aliphatic rings. The molecular formula is C17H20N2O2. The van der Waals surface area contributed by atoms with Crippen molar-refractivity contribution < 1.29 is 9.53 Å². The van der Waals surface area contributed by atoms with Crippen LogP contribution in [-0.4, -0.2) is 13.0 Å². The first-order valence-corrected chi connectivity index (χ1v) is 6.85. The Hall–Kier alpha value is -2.17. The second-order valence-electron chi connectivity index (χ2n) is 4.86. The summed E-state index contributed by atoms with van der Waals surface area (Å²) in [5, 5.41) is 2.86. The number of nitrogens with one attached hydrogen (secondary N) is 1. The van der Waals surface area contributed by atoms with Gasteiger partial charge in [-0.2, -0.15) is 0 Å². The standard InChI is InChI=1S/C17H20N2O2/c1-21-12-14-7-5-6-13(10-14)11-19-17(20)16(18)15-8-3-2-4-9-15/h2-10,16H,11-12,18H2,1H3,(H,19,20)/t16-/m1/s1. The van der Waals surface area contributed by atoms with Crippen molar-refractivity contribution in [3.8, 4) is 0 Å². The van der Waals surface area contributed by atoms with E-state index in [1.165, 1.54) is 0 Å². The molecule has 0 spiro atoms. The molecule has 0 radical (unpaired) electrons. The average molecular weight is 284 g/mol. The van der Waals surface area contributed by atoms with Crippen LogP contribution >= 0.6 is 0 Å². The van der Waals surface area contributed by atoms with Crippen molar-refractivity contribution in [3.63, 3.8) is 0 Å². The molecule has 0 aromatic heterocycles. The Morgan fingerprint density at radius 1 is 1.14 bits per heavy atom. The summed E-state index contributed by atoms with van der Waals surface area (Å²) in [4.78, 5) is 12.1. The Morgan fingerprint density at radius 3 is 2.57 bits per heavy atom. The predicted octanol–water partition coefficient (Wildman–Crippen LogP) is 2.15. The molecule has 2 rings (SSSR count). The second-order valence-corrected chi connectivity index (χ2v) is 4.86. The second kappa shape index (κ2) is 7.57. The molecule has 1 amide bonds. The highest BCUT2D eigenvalue weighted by atomic mass is 16.5. The number of carbonyl (C=O) groups is 1. The van der Waals surface area contributed by atoms with Gasteiger partial charge < -0.3 is 15.8 Å². The Morgan fingerprint density at radius 2 is 1.86 bits per heavy atom. The molecule has 1 atom stereocenters. The first-order valence-electron chi connectivity index (χ1n) is 6.85. The fraction of sp³-hybridized carbons (Fsp3) is 0.235. The molecule has 4 nitrogen and oxygen atoms in total. The molecule has 0 saturated carbocycles. The molecular weight excluding hydrogens is 264 g/mol. The normalized spacial score (nSPS) is 11.9. The third-order valence-electron chi connectivity index (χ3n) is 3.21. The summed E-state index contributed by atoms with van der Waals surface area (Å²) in [6, 6.07) is 16.6. The minimum atomic E-state index is -0.645. The van der Waals surface area contributed by atoms with Crippen LogP contribution in [0.3, 0.4) is 0 Å². The molecule has 2 aromatic carbocycles. The van der Waals surface area contributed by atoms with Crippen LogP contribution in [0, 0.1) is 0 Å². The summed E-state index contributed by atoms with van der Waals surface area (Å²) in [7, 11) is 1.66. The predicted molar refractivity (Wildman–Crippen MR) is 82.4 cm³/mol. The topological polar surface area (TPSA) is 64.3 Å². The zero-order valence-electron chi connectivity index (χ0n) is 12.1. The van der Waals surface area contributed by atoms with Crippen LogP contribution in [0.15, 0.2) is 54.6 Å². The minimum absolute atomic E-state index is 0.182. The quantitative estimate of drug-likeness (QED) is 0.854. The first kappa shape index (κ1) is 15.2. The molecule has 2 aromatic rings.